The lowest BCUT2D eigenvalue weighted by molar-refractivity contribution is 0.397. The van der Waals surface area contributed by atoms with Gasteiger partial charge in [0.15, 0.2) is 0 Å². The lowest BCUT2D eigenvalue weighted by Crippen LogP contribution is -2.26. The van der Waals surface area contributed by atoms with Crippen LogP contribution in [0.2, 0.25) is 0 Å². The topological polar surface area (TPSA) is 3.24 Å². The number of fused-ring (bicyclic) bond motifs is 6. The Morgan fingerprint density at radius 3 is 1.32 bits per heavy atom. The second-order valence-corrected chi connectivity index (χ2v) is 20.9. The fourth-order valence-corrected chi connectivity index (χ4v) is 12.6. The molecule has 0 atom stereocenters. The van der Waals surface area contributed by atoms with Crippen molar-refractivity contribution in [2.45, 2.75) is 225 Å². The van der Waals surface area contributed by atoms with E-state index in [9.17, 15) is 0 Å². The van der Waals surface area contributed by atoms with Crippen molar-refractivity contribution in [3.8, 4) is 22.3 Å². The van der Waals surface area contributed by atoms with Crippen molar-refractivity contribution in [2.75, 3.05) is 4.90 Å². The monoisotopic (exact) mass is 884 g/mol. The number of rotatable bonds is 31. The first-order chi connectivity index (χ1) is 32.5. The van der Waals surface area contributed by atoms with E-state index in [4.69, 9.17) is 0 Å². The van der Waals surface area contributed by atoms with E-state index in [1.165, 1.54) is 225 Å². The highest BCUT2D eigenvalue weighted by atomic mass is 15.1. The summed E-state index contributed by atoms with van der Waals surface area (Å²) >= 11 is 0. The van der Waals surface area contributed by atoms with Crippen LogP contribution in [0.25, 0.3) is 22.3 Å². The predicted molar refractivity (Wildman–Crippen MR) is 290 cm³/mol. The van der Waals surface area contributed by atoms with Gasteiger partial charge in [0, 0.05) is 27.8 Å². The van der Waals surface area contributed by atoms with E-state index in [0.717, 1.165) is 0 Å². The average molecular weight is 884 g/mol. The van der Waals surface area contributed by atoms with E-state index in [1.807, 2.05) is 0 Å². The van der Waals surface area contributed by atoms with Crippen LogP contribution in [0.5, 0.6) is 0 Å². The maximum Gasteiger partial charge on any atom is 0.0543 e. The first-order valence-electron chi connectivity index (χ1n) is 27.9. The molecule has 66 heavy (non-hydrogen) atoms. The van der Waals surface area contributed by atoms with Crippen LogP contribution in [0.15, 0.2) is 109 Å². The molecule has 0 bridgehead atoms. The van der Waals surface area contributed by atoms with Crippen molar-refractivity contribution < 1.29 is 0 Å². The van der Waals surface area contributed by atoms with Crippen LogP contribution in [-0.4, -0.2) is 0 Å². The van der Waals surface area contributed by atoms with Gasteiger partial charge in [0.05, 0.1) is 5.69 Å². The molecular weight excluding hydrogens is 795 g/mol. The van der Waals surface area contributed by atoms with Gasteiger partial charge >= 0.3 is 0 Å². The molecule has 1 nitrogen and oxygen atoms in total. The highest BCUT2D eigenvalue weighted by Crippen LogP contribution is 2.60. The summed E-state index contributed by atoms with van der Waals surface area (Å²) in [7, 11) is 0. The molecule has 0 aliphatic heterocycles. The van der Waals surface area contributed by atoms with Crippen LogP contribution in [0.1, 0.15) is 235 Å². The Balaban J connectivity index is 1.34. The van der Waals surface area contributed by atoms with Crippen molar-refractivity contribution in [2.24, 2.45) is 0 Å². The van der Waals surface area contributed by atoms with Crippen molar-refractivity contribution in [1.82, 2.24) is 0 Å². The summed E-state index contributed by atoms with van der Waals surface area (Å²) < 4.78 is 0. The molecule has 0 fully saturated rings. The summed E-state index contributed by atoms with van der Waals surface area (Å²) in [6.07, 6.45) is 37.0. The number of hydrogen-bond donors (Lipinski definition) is 0. The minimum absolute atomic E-state index is 0.0270. The molecule has 5 aromatic carbocycles. The highest BCUT2D eigenvalue weighted by Gasteiger charge is 2.45. The standard InChI is InChI=1S/C65H89N/c1-6-10-14-18-22-31-46-64(47-32-23-19-15-11-7-2)58-39-30-29-38-57(58)63-59(64)40-35-41-62(63)66(53-36-27-26-28-37-53)54-43-45-56-55-44-42-52(5)50-60(55)65(61(56)51-54,48-33-24-20-16-12-8-3)49-34-25-21-17-13-9-4/h26-30,35-45,50-51H,6-25,31-34,46-49H2,1-5H3. The molecule has 0 N–H and O–H groups in total. The molecule has 2 aliphatic rings. The third-order valence-electron chi connectivity index (χ3n) is 16.1. The summed E-state index contributed by atoms with van der Waals surface area (Å²) in [5.74, 6) is 0. The number of nitrogens with zero attached hydrogens (tertiary/aromatic N) is 1. The maximum absolute atomic E-state index is 2.69. The third kappa shape index (κ3) is 11.4. The summed E-state index contributed by atoms with van der Waals surface area (Å²) in [5.41, 5.74) is 17.6. The first kappa shape index (κ1) is 49.8. The fraction of sp³-hybridized carbons (Fsp3) is 0.538. The Bertz CT molecular complexity index is 2180. The molecule has 5 aromatic rings. The summed E-state index contributed by atoms with van der Waals surface area (Å²) in [6, 6.07) is 43.6. The SMILES string of the molecule is CCCCCCCCC1(CCCCCCCC)c2cc(C)ccc2-c2ccc(N(c3ccccc3)c3cccc4c3-c3ccccc3C4(CCCCCCCC)CCCCCCCC)cc21. The second-order valence-electron chi connectivity index (χ2n) is 20.9. The van der Waals surface area contributed by atoms with Gasteiger partial charge in [-0.15, -0.1) is 0 Å². The molecule has 0 spiro atoms. The summed E-state index contributed by atoms with van der Waals surface area (Å²) in [6.45, 7) is 11.7. The van der Waals surface area contributed by atoms with E-state index >= 15 is 0 Å². The number of aryl methyl sites for hydroxylation is 1. The zero-order valence-corrected chi connectivity index (χ0v) is 42.6. The van der Waals surface area contributed by atoms with Gasteiger partial charge in [0.2, 0.25) is 0 Å². The van der Waals surface area contributed by atoms with Gasteiger partial charge in [-0.05, 0) is 102 Å². The van der Waals surface area contributed by atoms with Crippen molar-refractivity contribution in [3.05, 3.63) is 137 Å². The van der Waals surface area contributed by atoms with Gasteiger partial charge in [-0.25, -0.2) is 0 Å². The molecule has 7 rings (SSSR count). The van der Waals surface area contributed by atoms with Gasteiger partial charge in [-0.1, -0.05) is 266 Å². The fourth-order valence-electron chi connectivity index (χ4n) is 12.6. The van der Waals surface area contributed by atoms with Gasteiger partial charge in [0.25, 0.3) is 0 Å². The van der Waals surface area contributed by atoms with Gasteiger partial charge in [-0.2, -0.15) is 0 Å². The normalized spacial score (nSPS) is 14.0. The molecule has 0 saturated heterocycles. The molecule has 2 aliphatic carbocycles. The minimum Gasteiger partial charge on any atom is -0.310 e. The summed E-state index contributed by atoms with van der Waals surface area (Å²) in [5, 5.41) is 0. The second kappa shape index (κ2) is 25.3. The van der Waals surface area contributed by atoms with Gasteiger partial charge in [0.1, 0.15) is 0 Å². The minimum atomic E-state index is 0.0270. The van der Waals surface area contributed by atoms with E-state index < -0.39 is 0 Å². The van der Waals surface area contributed by atoms with Crippen molar-refractivity contribution >= 4 is 17.1 Å². The Hall–Kier alpha value is -4.10. The van der Waals surface area contributed by atoms with Gasteiger partial charge < -0.3 is 4.90 Å². The van der Waals surface area contributed by atoms with E-state index in [1.54, 1.807) is 22.3 Å². The molecular formula is C65H89N. The van der Waals surface area contributed by atoms with Crippen LogP contribution in [-0.2, 0) is 10.8 Å². The molecule has 354 valence electrons. The quantitative estimate of drug-likeness (QED) is 0.0401. The summed E-state index contributed by atoms with van der Waals surface area (Å²) in [4.78, 5) is 2.66. The van der Waals surface area contributed by atoms with Crippen LogP contribution >= 0.6 is 0 Å². The molecule has 0 heterocycles. The zero-order chi connectivity index (χ0) is 46.0. The smallest absolute Gasteiger partial charge is 0.0543 e. The van der Waals surface area contributed by atoms with Crippen LogP contribution in [0, 0.1) is 6.92 Å². The maximum atomic E-state index is 2.69. The molecule has 1 heteroatoms. The van der Waals surface area contributed by atoms with Crippen LogP contribution in [0.4, 0.5) is 17.1 Å². The predicted octanol–water partition coefficient (Wildman–Crippen LogP) is 21.0. The molecule has 0 radical (unpaired) electrons. The van der Waals surface area contributed by atoms with Gasteiger partial charge in [-0.3, -0.25) is 0 Å². The number of para-hydroxylation sites is 1. The Morgan fingerprint density at radius 2 is 0.773 bits per heavy atom. The molecule has 0 unspecified atom stereocenters. The Labute approximate surface area is 404 Å². The lowest BCUT2D eigenvalue weighted by atomic mass is 9.70. The van der Waals surface area contributed by atoms with Crippen molar-refractivity contribution in [1.29, 1.82) is 0 Å². The lowest BCUT2D eigenvalue weighted by Gasteiger charge is -2.35. The largest absolute Gasteiger partial charge is 0.310 e. The average Bonchev–Trinajstić information content (AvgIpc) is 3.77. The van der Waals surface area contributed by atoms with Crippen LogP contribution in [0.3, 0.4) is 0 Å². The first-order valence-corrected chi connectivity index (χ1v) is 27.9. The molecule has 0 saturated carbocycles. The number of hydrogen-bond acceptors (Lipinski definition) is 1. The van der Waals surface area contributed by atoms with Crippen LogP contribution < -0.4 is 4.90 Å². The highest BCUT2D eigenvalue weighted by molar-refractivity contribution is 5.96. The number of unbranched alkanes of at least 4 members (excludes halogenated alkanes) is 20. The van der Waals surface area contributed by atoms with E-state index in [-0.39, 0.29) is 10.8 Å². The molecule has 0 aromatic heterocycles. The zero-order valence-electron chi connectivity index (χ0n) is 42.6. The third-order valence-corrected chi connectivity index (χ3v) is 16.1. The number of benzene rings is 5. The Morgan fingerprint density at radius 1 is 0.333 bits per heavy atom. The molecule has 0 amide bonds. The Kier molecular flexibility index (Phi) is 19.1. The van der Waals surface area contributed by atoms with E-state index in [0.29, 0.717) is 0 Å². The number of anilines is 3. The van der Waals surface area contributed by atoms with Crippen molar-refractivity contribution in [3.63, 3.8) is 0 Å². The van der Waals surface area contributed by atoms with E-state index in [2.05, 4.69) is 149 Å².